The lowest BCUT2D eigenvalue weighted by atomic mass is 10.0. The zero-order chi connectivity index (χ0) is 8.72. The van der Waals surface area contributed by atoms with Gasteiger partial charge in [-0.2, -0.15) is 0 Å². The number of fused-ring (bicyclic) bond motifs is 1. The van der Waals surface area contributed by atoms with Crippen LogP contribution in [0.15, 0.2) is 6.07 Å². The molecule has 1 heterocycles. The van der Waals surface area contributed by atoms with Crippen LogP contribution in [-0.2, 0) is 6.42 Å². The summed E-state index contributed by atoms with van der Waals surface area (Å²) >= 11 is 1.96. The number of rotatable bonds is 1. The third kappa shape index (κ3) is 1.10. The molecule has 0 spiro atoms. The van der Waals surface area contributed by atoms with Crippen LogP contribution in [-0.4, -0.2) is 7.05 Å². The van der Waals surface area contributed by atoms with Gasteiger partial charge in [-0.25, -0.2) is 0 Å². The molecule has 1 nitrogen and oxygen atoms in total. The molecule has 1 aliphatic carbocycles. The van der Waals surface area contributed by atoms with Crippen molar-refractivity contribution in [2.24, 2.45) is 5.92 Å². The normalized spacial score (nSPS) is 27.6. The van der Waals surface area contributed by atoms with E-state index in [1.54, 1.807) is 10.4 Å². The highest BCUT2D eigenvalue weighted by atomic mass is 32.1. The summed E-state index contributed by atoms with van der Waals surface area (Å²) in [6.45, 7) is 4.52. The standard InChI is InChI=1S/C10H15NS/c1-6-4-9-8(10(6)11-3)5-7(2)12-9/h5-6,10-11H,4H2,1-3H3. The zero-order valence-electron chi connectivity index (χ0n) is 7.85. The monoisotopic (exact) mass is 181 g/mol. The number of hydrogen-bond donors (Lipinski definition) is 1. The fourth-order valence-electron chi connectivity index (χ4n) is 2.16. The Morgan fingerprint density at radius 2 is 2.33 bits per heavy atom. The van der Waals surface area contributed by atoms with Gasteiger partial charge in [-0.3, -0.25) is 0 Å². The van der Waals surface area contributed by atoms with Crippen LogP contribution in [0.5, 0.6) is 0 Å². The SMILES string of the molecule is CNC1c2cc(C)sc2CC1C. The quantitative estimate of drug-likeness (QED) is 0.702. The Morgan fingerprint density at radius 3 is 3.00 bits per heavy atom. The minimum absolute atomic E-state index is 0.602. The molecule has 0 radical (unpaired) electrons. The Kier molecular flexibility index (Phi) is 1.97. The van der Waals surface area contributed by atoms with Crippen molar-refractivity contribution in [2.45, 2.75) is 26.3 Å². The molecular weight excluding hydrogens is 166 g/mol. The average molecular weight is 181 g/mol. The molecule has 2 atom stereocenters. The van der Waals surface area contributed by atoms with E-state index in [0.717, 1.165) is 5.92 Å². The second-order valence-corrected chi connectivity index (χ2v) is 5.02. The van der Waals surface area contributed by atoms with Gasteiger partial charge in [0.15, 0.2) is 0 Å². The largest absolute Gasteiger partial charge is 0.313 e. The molecule has 0 aliphatic heterocycles. The van der Waals surface area contributed by atoms with Crippen molar-refractivity contribution in [1.82, 2.24) is 5.32 Å². The molecule has 2 heteroatoms. The second-order valence-electron chi connectivity index (χ2n) is 3.68. The average Bonchev–Trinajstić information content (AvgIpc) is 2.43. The predicted octanol–water partition coefficient (Wildman–Crippen LogP) is 2.51. The summed E-state index contributed by atoms with van der Waals surface area (Å²) in [5.74, 6) is 0.775. The molecule has 0 saturated carbocycles. The molecule has 1 N–H and O–H groups in total. The Hall–Kier alpha value is -0.340. The minimum Gasteiger partial charge on any atom is -0.313 e. The summed E-state index contributed by atoms with van der Waals surface area (Å²) < 4.78 is 0. The highest BCUT2D eigenvalue weighted by Crippen LogP contribution is 2.40. The van der Waals surface area contributed by atoms with Crippen LogP contribution in [0.2, 0.25) is 0 Å². The fourth-order valence-corrected chi connectivity index (χ4v) is 3.39. The van der Waals surface area contributed by atoms with E-state index in [1.165, 1.54) is 11.3 Å². The summed E-state index contributed by atoms with van der Waals surface area (Å²) in [5.41, 5.74) is 1.55. The maximum absolute atomic E-state index is 3.39. The van der Waals surface area contributed by atoms with Gasteiger partial charge in [0.05, 0.1) is 0 Å². The van der Waals surface area contributed by atoms with Gasteiger partial charge < -0.3 is 5.32 Å². The first-order chi connectivity index (χ1) is 5.72. The fraction of sp³-hybridized carbons (Fsp3) is 0.600. The molecule has 0 aromatic carbocycles. The maximum Gasteiger partial charge on any atom is 0.0358 e. The Balaban J connectivity index is 2.38. The summed E-state index contributed by atoms with van der Waals surface area (Å²) in [7, 11) is 2.06. The predicted molar refractivity (Wildman–Crippen MR) is 53.7 cm³/mol. The van der Waals surface area contributed by atoms with Crippen molar-refractivity contribution >= 4 is 11.3 Å². The number of hydrogen-bond acceptors (Lipinski definition) is 2. The van der Waals surface area contributed by atoms with Crippen LogP contribution in [0.25, 0.3) is 0 Å². The van der Waals surface area contributed by atoms with Crippen molar-refractivity contribution in [3.8, 4) is 0 Å². The molecule has 0 saturated heterocycles. The van der Waals surface area contributed by atoms with Crippen molar-refractivity contribution in [3.05, 3.63) is 21.4 Å². The Bertz CT molecular complexity index is 290. The molecular formula is C10H15NS. The summed E-state index contributed by atoms with van der Waals surface area (Å²) in [6, 6.07) is 2.94. The van der Waals surface area contributed by atoms with Crippen LogP contribution in [0, 0.1) is 12.8 Å². The lowest BCUT2D eigenvalue weighted by Crippen LogP contribution is -2.19. The summed E-state index contributed by atoms with van der Waals surface area (Å²) in [5, 5.41) is 3.39. The third-order valence-electron chi connectivity index (χ3n) is 2.69. The van der Waals surface area contributed by atoms with Gasteiger partial charge in [-0.05, 0) is 37.9 Å². The van der Waals surface area contributed by atoms with Crippen molar-refractivity contribution in [2.75, 3.05) is 7.05 Å². The topological polar surface area (TPSA) is 12.0 Å². The maximum atomic E-state index is 3.39. The Morgan fingerprint density at radius 1 is 1.58 bits per heavy atom. The second kappa shape index (κ2) is 2.86. The van der Waals surface area contributed by atoms with E-state index in [2.05, 4.69) is 32.3 Å². The van der Waals surface area contributed by atoms with Gasteiger partial charge in [0, 0.05) is 15.8 Å². The van der Waals surface area contributed by atoms with Crippen molar-refractivity contribution in [1.29, 1.82) is 0 Å². The van der Waals surface area contributed by atoms with Gasteiger partial charge in [-0.1, -0.05) is 6.92 Å². The smallest absolute Gasteiger partial charge is 0.0358 e. The van der Waals surface area contributed by atoms with Crippen LogP contribution < -0.4 is 5.32 Å². The molecule has 0 fully saturated rings. The van der Waals surface area contributed by atoms with E-state index < -0.39 is 0 Å². The molecule has 0 amide bonds. The third-order valence-corrected chi connectivity index (χ3v) is 3.78. The highest BCUT2D eigenvalue weighted by Gasteiger charge is 2.29. The summed E-state index contributed by atoms with van der Waals surface area (Å²) in [4.78, 5) is 3.05. The van der Waals surface area contributed by atoms with Gasteiger partial charge in [0.1, 0.15) is 0 Å². The molecule has 66 valence electrons. The zero-order valence-corrected chi connectivity index (χ0v) is 8.66. The first kappa shape index (κ1) is 8.27. The molecule has 1 aromatic heterocycles. The van der Waals surface area contributed by atoms with Crippen LogP contribution in [0.3, 0.4) is 0 Å². The number of nitrogens with one attached hydrogen (secondary N) is 1. The van der Waals surface area contributed by atoms with Crippen molar-refractivity contribution < 1.29 is 0 Å². The van der Waals surface area contributed by atoms with E-state index >= 15 is 0 Å². The van der Waals surface area contributed by atoms with Crippen LogP contribution in [0.4, 0.5) is 0 Å². The van der Waals surface area contributed by atoms with E-state index in [1.807, 2.05) is 11.3 Å². The molecule has 0 bridgehead atoms. The van der Waals surface area contributed by atoms with E-state index in [9.17, 15) is 0 Å². The minimum atomic E-state index is 0.602. The van der Waals surface area contributed by atoms with Crippen LogP contribution in [0.1, 0.15) is 28.3 Å². The highest BCUT2D eigenvalue weighted by molar-refractivity contribution is 7.12. The van der Waals surface area contributed by atoms with Gasteiger partial charge in [0.25, 0.3) is 0 Å². The number of aryl methyl sites for hydroxylation is 1. The van der Waals surface area contributed by atoms with Gasteiger partial charge >= 0.3 is 0 Å². The van der Waals surface area contributed by atoms with Crippen molar-refractivity contribution in [3.63, 3.8) is 0 Å². The molecule has 2 unspecified atom stereocenters. The lowest BCUT2D eigenvalue weighted by molar-refractivity contribution is 0.447. The molecule has 2 rings (SSSR count). The molecule has 1 aromatic rings. The molecule has 1 aliphatic rings. The van der Waals surface area contributed by atoms with E-state index in [-0.39, 0.29) is 0 Å². The van der Waals surface area contributed by atoms with E-state index in [0.29, 0.717) is 6.04 Å². The number of thiophene rings is 1. The first-order valence-electron chi connectivity index (χ1n) is 4.49. The Labute approximate surface area is 77.8 Å². The summed E-state index contributed by atoms with van der Waals surface area (Å²) in [6.07, 6.45) is 1.26. The van der Waals surface area contributed by atoms with Gasteiger partial charge in [-0.15, -0.1) is 11.3 Å². The van der Waals surface area contributed by atoms with E-state index in [4.69, 9.17) is 0 Å². The first-order valence-corrected chi connectivity index (χ1v) is 5.30. The van der Waals surface area contributed by atoms with Crippen LogP contribution >= 0.6 is 11.3 Å². The lowest BCUT2D eigenvalue weighted by Gasteiger charge is -2.14. The molecule has 12 heavy (non-hydrogen) atoms. The van der Waals surface area contributed by atoms with Gasteiger partial charge in [0.2, 0.25) is 0 Å².